The highest BCUT2D eigenvalue weighted by Gasteiger charge is 2.29. The number of aromatic nitrogens is 2. The number of carbonyl (C=O) groups excluding carboxylic acids is 1. The van der Waals surface area contributed by atoms with Crippen LogP contribution in [0.25, 0.3) is 0 Å². The van der Waals surface area contributed by atoms with Gasteiger partial charge < -0.3 is 9.80 Å². The average Bonchev–Trinajstić information content (AvgIpc) is 3.07. The van der Waals surface area contributed by atoms with Crippen LogP contribution in [0, 0.1) is 6.92 Å². The molecule has 124 valence electrons. The number of rotatable bonds is 6. The van der Waals surface area contributed by atoms with Gasteiger partial charge in [0.1, 0.15) is 0 Å². The summed E-state index contributed by atoms with van der Waals surface area (Å²) in [4.78, 5) is 17.2. The van der Waals surface area contributed by atoms with E-state index in [4.69, 9.17) is 0 Å². The molecule has 5 nitrogen and oxygen atoms in total. The van der Waals surface area contributed by atoms with Gasteiger partial charge in [-0.1, -0.05) is 12.8 Å². The summed E-state index contributed by atoms with van der Waals surface area (Å²) in [6.07, 6.45) is 4.72. The highest BCUT2D eigenvalue weighted by Crippen LogP contribution is 2.25. The molecule has 0 unspecified atom stereocenters. The third kappa shape index (κ3) is 3.88. The van der Waals surface area contributed by atoms with E-state index in [1.807, 2.05) is 17.7 Å². The average molecular weight is 306 g/mol. The predicted octanol–water partition coefficient (Wildman–Crippen LogP) is 2.72. The standard InChI is InChI=1S/C17H30N4O/c1-13(2)21-14(3)12-16(18-21)17(22)20(11-10-19(4)5)15-8-6-7-9-15/h12-13,15H,6-11H2,1-5H3. The number of aryl methyl sites for hydroxylation is 1. The molecule has 1 amide bonds. The molecule has 0 atom stereocenters. The van der Waals surface area contributed by atoms with Crippen LogP contribution < -0.4 is 0 Å². The fourth-order valence-electron chi connectivity index (χ4n) is 3.24. The van der Waals surface area contributed by atoms with Gasteiger partial charge in [-0.3, -0.25) is 9.48 Å². The first-order valence-electron chi connectivity index (χ1n) is 8.42. The molecule has 0 aromatic carbocycles. The minimum absolute atomic E-state index is 0.0938. The topological polar surface area (TPSA) is 41.4 Å². The van der Waals surface area contributed by atoms with Gasteiger partial charge in [0.25, 0.3) is 5.91 Å². The molecule has 1 aromatic rings. The van der Waals surface area contributed by atoms with Crippen LogP contribution >= 0.6 is 0 Å². The van der Waals surface area contributed by atoms with Crippen LogP contribution in [0.15, 0.2) is 6.07 Å². The summed E-state index contributed by atoms with van der Waals surface area (Å²) in [7, 11) is 4.10. The zero-order valence-corrected chi connectivity index (χ0v) is 14.7. The number of carbonyl (C=O) groups is 1. The lowest BCUT2D eigenvalue weighted by Gasteiger charge is -2.29. The molecule has 0 saturated heterocycles. The van der Waals surface area contributed by atoms with E-state index in [1.165, 1.54) is 12.8 Å². The third-order valence-electron chi connectivity index (χ3n) is 4.45. The first kappa shape index (κ1) is 17.0. The minimum Gasteiger partial charge on any atom is -0.333 e. The zero-order valence-electron chi connectivity index (χ0n) is 14.7. The lowest BCUT2D eigenvalue weighted by Crippen LogP contribution is -2.42. The van der Waals surface area contributed by atoms with Crippen molar-refractivity contribution >= 4 is 5.91 Å². The number of hydrogen-bond donors (Lipinski definition) is 0. The van der Waals surface area contributed by atoms with E-state index in [0.717, 1.165) is 31.6 Å². The van der Waals surface area contributed by atoms with Crippen LogP contribution in [-0.4, -0.2) is 58.7 Å². The number of likely N-dealkylation sites (N-methyl/N-ethyl adjacent to an activating group) is 1. The monoisotopic (exact) mass is 306 g/mol. The second-order valence-electron chi connectivity index (χ2n) is 6.95. The molecule has 1 aliphatic carbocycles. The summed E-state index contributed by atoms with van der Waals surface area (Å²) >= 11 is 0. The largest absolute Gasteiger partial charge is 0.333 e. The molecule has 1 aromatic heterocycles. The molecule has 0 radical (unpaired) electrons. The molecule has 0 spiro atoms. The summed E-state index contributed by atoms with van der Waals surface area (Å²) < 4.78 is 1.94. The van der Waals surface area contributed by atoms with Gasteiger partial charge in [-0.05, 0) is 53.8 Å². The fourth-order valence-corrected chi connectivity index (χ4v) is 3.24. The van der Waals surface area contributed by atoms with E-state index < -0.39 is 0 Å². The molecule has 22 heavy (non-hydrogen) atoms. The Bertz CT molecular complexity index is 501. The van der Waals surface area contributed by atoms with E-state index in [9.17, 15) is 4.79 Å². The summed E-state index contributed by atoms with van der Waals surface area (Å²) in [5.74, 6) is 0.0938. The number of hydrogen-bond acceptors (Lipinski definition) is 3. The van der Waals surface area contributed by atoms with Crippen molar-refractivity contribution in [2.75, 3.05) is 27.2 Å². The van der Waals surface area contributed by atoms with E-state index in [1.54, 1.807) is 0 Å². The molecule has 1 saturated carbocycles. The van der Waals surface area contributed by atoms with E-state index in [2.05, 4.69) is 42.8 Å². The maximum atomic E-state index is 13.0. The molecule has 5 heteroatoms. The van der Waals surface area contributed by atoms with Gasteiger partial charge in [0.05, 0.1) is 0 Å². The van der Waals surface area contributed by atoms with Gasteiger partial charge in [0, 0.05) is 30.9 Å². The molecular formula is C17H30N4O. The second kappa shape index (κ2) is 7.27. The Morgan fingerprint density at radius 3 is 2.45 bits per heavy atom. The first-order valence-corrected chi connectivity index (χ1v) is 8.42. The van der Waals surface area contributed by atoms with Crippen LogP contribution in [0.2, 0.25) is 0 Å². The van der Waals surface area contributed by atoms with Crippen molar-refractivity contribution in [3.8, 4) is 0 Å². The van der Waals surface area contributed by atoms with E-state index in [0.29, 0.717) is 11.7 Å². The molecule has 1 heterocycles. The Labute approximate surface area is 134 Å². The van der Waals surface area contributed by atoms with Crippen molar-refractivity contribution in [3.63, 3.8) is 0 Å². The van der Waals surface area contributed by atoms with Crippen LogP contribution in [0.4, 0.5) is 0 Å². The van der Waals surface area contributed by atoms with Crippen molar-refractivity contribution in [1.29, 1.82) is 0 Å². The number of nitrogens with zero attached hydrogens (tertiary/aromatic N) is 4. The molecule has 1 aliphatic rings. The molecule has 1 fully saturated rings. The maximum absolute atomic E-state index is 13.0. The van der Waals surface area contributed by atoms with Crippen LogP contribution in [-0.2, 0) is 0 Å². The summed E-state index contributed by atoms with van der Waals surface area (Å²) in [5, 5.41) is 4.54. The van der Waals surface area contributed by atoms with Gasteiger partial charge >= 0.3 is 0 Å². The molecule has 2 rings (SSSR count). The van der Waals surface area contributed by atoms with Gasteiger partial charge in [-0.15, -0.1) is 0 Å². The summed E-state index contributed by atoms with van der Waals surface area (Å²) in [6.45, 7) is 7.88. The Morgan fingerprint density at radius 2 is 1.95 bits per heavy atom. The quantitative estimate of drug-likeness (QED) is 0.811. The normalized spacial score (nSPS) is 16.0. The lowest BCUT2D eigenvalue weighted by molar-refractivity contribution is 0.0660. The second-order valence-corrected chi connectivity index (χ2v) is 6.95. The molecule has 0 N–H and O–H groups in total. The van der Waals surface area contributed by atoms with Crippen LogP contribution in [0.5, 0.6) is 0 Å². The first-order chi connectivity index (χ1) is 10.4. The lowest BCUT2D eigenvalue weighted by atomic mass is 10.2. The van der Waals surface area contributed by atoms with Crippen LogP contribution in [0.3, 0.4) is 0 Å². The SMILES string of the molecule is Cc1cc(C(=O)N(CCN(C)C)C2CCCC2)nn1C(C)C. The summed E-state index contributed by atoms with van der Waals surface area (Å²) in [6, 6.07) is 2.60. The third-order valence-corrected chi connectivity index (χ3v) is 4.45. The predicted molar refractivity (Wildman–Crippen MR) is 89.2 cm³/mol. The van der Waals surface area contributed by atoms with Crippen molar-refractivity contribution in [3.05, 3.63) is 17.5 Å². The van der Waals surface area contributed by atoms with Crippen molar-refractivity contribution in [1.82, 2.24) is 19.6 Å². The molecule has 0 bridgehead atoms. The Balaban J connectivity index is 2.18. The van der Waals surface area contributed by atoms with Gasteiger partial charge in [-0.25, -0.2) is 0 Å². The highest BCUT2D eigenvalue weighted by molar-refractivity contribution is 5.92. The highest BCUT2D eigenvalue weighted by atomic mass is 16.2. The van der Waals surface area contributed by atoms with Gasteiger partial charge in [0.2, 0.25) is 0 Å². The Kier molecular flexibility index (Phi) is 5.62. The van der Waals surface area contributed by atoms with E-state index >= 15 is 0 Å². The molecular weight excluding hydrogens is 276 g/mol. The Morgan fingerprint density at radius 1 is 1.32 bits per heavy atom. The number of amides is 1. The van der Waals surface area contributed by atoms with Crippen LogP contribution in [0.1, 0.15) is 61.8 Å². The van der Waals surface area contributed by atoms with E-state index in [-0.39, 0.29) is 11.9 Å². The minimum atomic E-state index is 0.0938. The fraction of sp³-hybridized carbons (Fsp3) is 0.765. The maximum Gasteiger partial charge on any atom is 0.274 e. The molecule has 0 aliphatic heterocycles. The Hall–Kier alpha value is -1.36. The smallest absolute Gasteiger partial charge is 0.274 e. The van der Waals surface area contributed by atoms with Gasteiger partial charge in [-0.2, -0.15) is 5.10 Å². The summed E-state index contributed by atoms with van der Waals surface area (Å²) in [5.41, 5.74) is 1.65. The van der Waals surface area contributed by atoms with Crippen molar-refractivity contribution in [2.45, 2.75) is 58.5 Å². The zero-order chi connectivity index (χ0) is 16.3. The van der Waals surface area contributed by atoms with Crippen molar-refractivity contribution in [2.24, 2.45) is 0 Å². The van der Waals surface area contributed by atoms with Crippen molar-refractivity contribution < 1.29 is 4.79 Å². The van der Waals surface area contributed by atoms with Gasteiger partial charge in [0.15, 0.2) is 5.69 Å².